The van der Waals surface area contributed by atoms with Crippen LogP contribution in [0, 0.1) is 5.92 Å². The molecular weight excluding hydrogens is 344 g/mol. The van der Waals surface area contributed by atoms with Crippen LogP contribution < -0.4 is 5.32 Å². The second kappa shape index (κ2) is 7.36. The molecule has 1 fully saturated rings. The number of hydrogen-bond donors (Lipinski definition) is 2. The fourth-order valence-electron chi connectivity index (χ4n) is 3.48. The van der Waals surface area contributed by atoms with Gasteiger partial charge in [0.1, 0.15) is 5.69 Å². The van der Waals surface area contributed by atoms with Gasteiger partial charge in [0.25, 0.3) is 5.91 Å². The molecule has 27 heavy (non-hydrogen) atoms. The third kappa shape index (κ3) is 3.78. The zero-order chi connectivity index (χ0) is 18.8. The Balaban J connectivity index is 1.29. The normalized spacial score (nSPS) is 20.1. The lowest BCUT2D eigenvalue weighted by atomic mass is 9.80. The number of aliphatic hydroxyl groups excluding tert-OH is 1. The van der Waals surface area contributed by atoms with Gasteiger partial charge in [0.15, 0.2) is 0 Å². The third-order valence-electron chi connectivity index (χ3n) is 4.98. The van der Waals surface area contributed by atoms with E-state index in [9.17, 15) is 9.90 Å². The van der Waals surface area contributed by atoms with E-state index in [2.05, 4.69) is 15.6 Å². The molecule has 0 spiro atoms. The summed E-state index contributed by atoms with van der Waals surface area (Å²) in [5.41, 5.74) is 2.38. The van der Waals surface area contributed by atoms with Gasteiger partial charge < -0.3 is 14.9 Å². The molecule has 1 aromatic carbocycles. The van der Waals surface area contributed by atoms with Gasteiger partial charge in [-0.1, -0.05) is 35.5 Å². The number of aliphatic hydroxyl groups is 1. The van der Waals surface area contributed by atoms with Crippen LogP contribution in [0.3, 0.4) is 0 Å². The minimum absolute atomic E-state index is 0.123. The summed E-state index contributed by atoms with van der Waals surface area (Å²) < 4.78 is 7.04. The molecule has 0 aliphatic heterocycles. The first-order valence-corrected chi connectivity index (χ1v) is 9.13. The van der Waals surface area contributed by atoms with Crippen molar-refractivity contribution in [1.82, 2.24) is 20.3 Å². The average Bonchev–Trinajstić information content (AvgIpc) is 3.30. The van der Waals surface area contributed by atoms with Gasteiger partial charge in [-0.05, 0) is 31.7 Å². The van der Waals surface area contributed by atoms with Gasteiger partial charge in [-0.25, -0.2) is 0 Å². The van der Waals surface area contributed by atoms with E-state index >= 15 is 0 Å². The molecule has 0 unspecified atom stereocenters. The Morgan fingerprint density at radius 2 is 2.11 bits per heavy atom. The van der Waals surface area contributed by atoms with Crippen molar-refractivity contribution in [2.24, 2.45) is 5.92 Å². The number of nitrogens with zero attached hydrogens (tertiary/aromatic N) is 3. The summed E-state index contributed by atoms with van der Waals surface area (Å²) in [5.74, 6) is 0.417. The zero-order valence-electron chi connectivity index (χ0n) is 15.1. The fraction of sp³-hybridized carbons (Fsp3) is 0.350. The molecule has 1 amide bonds. The summed E-state index contributed by atoms with van der Waals surface area (Å²) in [4.78, 5) is 12.4. The van der Waals surface area contributed by atoms with Gasteiger partial charge >= 0.3 is 0 Å². The summed E-state index contributed by atoms with van der Waals surface area (Å²) >= 11 is 0. The molecule has 0 bridgehead atoms. The maximum absolute atomic E-state index is 12.4. The highest BCUT2D eigenvalue weighted by Crippen LogP contribution is 2.30. The number of aromatic nitrogens is 3. The second-order valence-corrected chi connectivity index (χ2v) is 7.06. The van der Waals surface area contributed by atoms with Crippen LogP contribution in [0.15, 0.2) is 53.2 Å². The molecule has 2 heterocycles. The van der Waals surface area contributed by atoms with Gasteiger partial charge in [-0.3, -0.25) is 9.48 Å². The standard InChI is InChI=1S/C20H22N4O3/c1-13(25)18-7-8-21-24(18)12-14-9-16(10-14)22-20(26)19-11-17(23-27-19)15-5-3-2-4-6-15/h2-8,11,13-14,16,25H,9-10,12H2,1H3,(H,22,26)/t13-,14?,16?/m1/s1. The number of carbonyl (C=O) groups excluding carboxylic acids is 1. The van der Waals surface area contributed by atoms with Crippen molar-refractivity contribution in [1.29, 1.82) is 0 Å². The van der Waals surface area contributed by atoms with E-state index in [0.717, 1.165) is 30.6 Å². The summed E-state index contributed by atoms with van der Waals surface area (Å²) in [6, 6.07) is 13.2. The maximum atomic E-state index is 12.4. The van der Waals surface area contributed by atoms with Gasteiger partial charge in [0.05, 0.1) is 11.8 Å². The Morgan fingerprint density at radius 1 is 1.33 bits per heavy atom. The van der Waals surface area contributed by atoms with E-state index in [1.807, 2.05) is 41.1 Å². The Hall–Kier alpha value is -2.93. The van der Waals surface area contributed by atoms with Crippen molar-refractivity contribution in [3.8, 4) is 11.3 Å². The summed E-state index contributed by atoms with van der Waals surface area (Å²) in [6.45, 7) is 2.48. The minimum atomic E-state index is -0.534. The monoisotopic (exact) mass is 366 g/mol. The average molecular weight is 366 g/mol. The fourth-order valence-corrected chi connectivity index (χ4v) is 3.48. The van der Waals surface area contributed by atoms with Crippen LogP contribution >= 0.6 is 0 Å². The number of hydrogen-bond acceptors (Lipinski definition) is 5. The molecule has 0 saturated heterocycles. The van der Waals surface area contributed by atoms with Crippen LogP contribution in [0.2, 0.25) is 0 Å². The molecule has 3 aromatic rings. The van der Waals surface area contributed by atoms with E-state index < -0.39 is 6.10 Å². The highest BCUT2D eigenvalue weighted by Gasteiger charge is 2.32. The van der Waals surface area contributed by atoms with Gasteiger partial charge in [0.2, 0.25) is 5.76 Å². The molecule has 1 saturated carbocycles. The van der Waals surface area contributed by atoms with Gasteiger partial charge in [-0.15, -0.1) is 0 Å². The molecular formula is C20H22N4O3. The Labute approximate surface area is 157 Å². The van der Waals surface area contributed by atoms with Crippen LogP contribution in [0.1, 0.15) is 42.1 Å². The van der Waals surface area contributed by atoms with Gasteiger partial charge in [0, 0.05) is 30.4 Å². The lowest BCUT2D eigenvalue weighted by Crippen LogP contribution is -2.45. The molecule has 2 N–H and O–H groups in total. The molecule has 0 radical (unpaired) electrons. The summed E-state index contributed by atoms with van der Waals surface area (Å²) in [6.07, 6.45) is 2.93. The maximum Gasteiger partial charge on any atom is 0.290 e. The third-order valence-corrected chi connectivity index (χ3v) is 4.98. The number of benzene rings is 1. The van der Waals surface area contributed by atoms with Crippen LogP contribution in [0.5, 0.6) is 0 Å². The minimum Gasteiger partial charge on any atom is -0.387 e. The van der Waals surface area contributed by atoms with E-state index in [-0.39, 0.29) is 17.7 Å². The Bertz CT molecular complexity index is 910. The molecule has 2 aromatic heterocycles. The topological polar surface area (TPSA) is 93.2 Å². The predicted octanol–water partition coefficient (Wildman–Crippen LogP) is 2.80. The van der Waals surface area contributed by atoms with Crippen LogP contribution in [0.4, 0.5) is 0 Å². The van der Waals surface area contributed by atoms with Crippen molar-refractivity contribution < 1.29 is 14.4 Å². The van der Waals surface area contributed by atoms with Crippen LogP contribution in [0.25, 0.3) is 11.3 Å². The first-order valence-electron chi connectivity index (χ1n) is 9.13. The van der Waals surface area contributed by atoms with Crippen molar-refractivity contribution in [3.63, 3.8) is 0 Å². The van der Waals surface area contributed by atoms with Crippen molar-refractivity contribution in [2.45, 2.75) is 38.5 Å². The highest BCUT2D eigenvalue weighted by atomic mass is 16.5. The molecule has 4 rings (SSSR count). The number of nitrogens with one attached hydrogen (secondary N) is 1. The number of carbonyl (C=O) groups is 1. The van der Waals surface area contributed by atoms with Crippen LogP contribution in [-0.4, -0.2) is 32.0 Å². The van der Waals surface area contributed by atoms with Crippen molar-refractivity contribution in [2.75, 3.05) is 0 Å². The predicted molar refractivity (Wildman–Crippen MR) is 98.8 cm³/mol. The first-order chi connectivity index (χ1) is 13.1. The van der Waals surface area contributed by atoms with E-state index in [4.69, 9.17) is 4.52 Å². The summed E-state index contributed by atoms with van der Waals surface area (Å²) in [7, 11) is 0. The molecule has 7 heteroatoms. The van der Waals surface area contributed by atoms with E-state index in [1.54, 1.807) is 19.2 Å². The van der Waals surface area contributed by atoms with Crippen LogP contribution in [-0.2, 0) is 6.54 Å². The summed E-state index contributed by atoms with van der Waals surface area (Å²) in [5, 5.41) is 21.0. The lowest BCUT2D eigenvalue weighted by Gasteiger charge is -2.35. The second-order valence-electron chi connectivity index (χ2n) is 7.06. The molecule has 1 atom stereocenters. The number of rotatable bonds is 6. The SMILES string of the molecule is C[C@@H](O)c1ccnn1CC1CC(NC(=O)c2cc(-c3ccccc3)no2)C1. The van der Waals surface area contributed by atoms with Crippen molar-refractivity contribution >= 4 is 5.91 Å². The van der Waals surface area contributed by atoms with Gasteiger partial charge in [-0.2, -0.15) is 5.10 Å². The quantitative estimate of drug-likeness (QED) is 0.700. The van der Waals surface area contributed by atoms with E-state index in [1.165, 1.54) is 0 Å². The molecule has 1 aliphatic carbocycles. The molecule has 140 valence electrons. The zero-order valence-corrected chi connectivity index (χ0v) is 15.1. The van der Waals surface area contributed by atoms with Crippen molar-refractivity contribution in [3.05, 3.63) is 60.1 Å². The van der Waals surface area contributed by atoms with E-state index in [0.29, 0.717) is 11.6 Å². The first kappa shape index (κ1) is 17.5. The smallest absolute Gasteiger partial charge is 0.290 e. The Kier molecular flexibility index (Phi) is 4.77. The largest absolute Gasteiger partial charge is 0.387 e. The Morgan fingerprint density at radius 3 is 2.85 bits per heavy atom. The highest BCUT2D eigenvalue weighted by molar-refractivity contribution is 5.92. The molecule has 1 aliphatic rings. The number of amides is 1. The molecule has 7 nitrogen and oxygen atoms in total. The lowest BCUT2D eigenvalue weighted by molar-refractivity contribution is 0.0840.